The maximum absolute atomic E-state index is 5.98. The summed E-state index contributed by atoms with van der Waals surface area (Å²) >= 11 is 0. The summed E-state index contributed by atoms with van der Waals surface area (Å²) in [6.45, 7) is 4.32. The first-order valence-corrected chi connectivity index (χ1v) is 6.93. The molecule has 0 radical (unpaired) electrons. The van der Waals surface area contributed by atoms with Crippen molar-refractivity contribution in [3.05, 3.63) is 35.8 Å². The molecule has 1 saturated carbocycles. The van der Waals surface area contributed by atoms with E-state index < -0.39 is 0 Å². The van der Waals surface area contributed by atoms with Gasteiger partial charge in [0.1, 0.15) is 16.9 Å². The average Bonchev–Trinajstić information content (AvgIpc) is 3.19. The zero-order valence-corrected chi connectivity index (χ0v) is 11.2. The Balaban J connectivity index is 2.11. The fraction of sp³-hybridized carbons (Fsp3) is 0.375. The summed E-state index contributed by atoms with van der Waals surface area (Å²) < 4.78 is 5.98. The molecule has 3 aromatic rings. The Morgan fingerprint density at radius 3 is 2.68 bits per heavy atom. The highest BCUT2D eigenvalue weighted by atomic mass is 16.3. The highest BCUT2D eigenvalue weighted by molar-refractivity contribution is 6.03. The van der Waals surface area contributed by atoms with Gasteiger partial charge in [-0.2, -0.15) is 0 Å². The van der Waals surface area contributed by atoms with Gasteiger partial charge >= 0.3 is 0 Å². The van der Waals surface area contributed by atoms with E-state index in [2.05, 4.69) is 19.9 Å². The van der Waals surface area contributed by atoms with E-state index in [1.54, 1.807) is 0 Å². The molecule has 0 spiro atoms. The Bertz CT molecular complexity index is 769. The van der Waals surface area contributed by atoms with Crippen molar-refractivity contribution in [3.63, 3.8) is 0 Å². The first-order valence-electron chi connectivity index (χ1n) is 6.93. The Hall–Kier alpha value is -1.90. The lowest BCUT2D eigenvalue weighted by atomic mass is 10.1. The molecule has 0 N–H and O–H groups in total. The van der Waals surface area contributed by atoms with Crippen LogP contribution in [0.25, 0.3) is 22.1 Å². The van der Waals surface area contributed by atoms with Gasteiger partial charge in [-0.15, -0.1) is 0 Å². The van der Waals surface area contributed by atoms with E-state index in [0.29, 0.717) is 11.8 Å². The Morgan fingerprint density at radius 2 is 1.95 bits per heavy atom. The monoisotopic (exact) mass is 252 g/mol. The third-order valence-corrected chi connectivity index (χ3v) is 3.75. The van der Waals surface area contributed by atoms with Gasteiger partial charge in [-0.05, 0) is 30.9 Å². The predicted octanol–water partition coefficient (Wildman–Crippen LogP) is 4.38. The third kappa shape index (κ3) is 1.65. The first kappa shape index (κ1) is 11.0. The molecule has 0 atom stereocenters. The summed E-state index contributed by atoms with van der Waals surface area (Å²) in [7, 11) is 0. The van der Waals surface area contributed by atoms with Gasteiger partial charge < -0.3 is 4.42 Å². The van der Waals surface area contributed by atoms with Gasteiger partial charge in [-0.1, -0.05) is 26.0 Å². The minimum absolute atomic E-state index is 0.351. The maximum atomic E-state index is 5.98. The van der Waals surface area contributed by atoms with Crippen molar-refractivity contribution in [3.8, 4) is 0 Å². The molecule has 3 nitrogen and oxygen atoms in total. The highest BCUT2D eigenvalue weighted by Gasteiger charge is 2.29. The number of hydrogen-bond acceptors (Lipinski definition) is 3. The quantitative estimate of drug-likeness (QED) is 0.679. The Kier molecular flexibility index (Phi) is 2.19. The van der Waals surface area contributed by atoms with Gasteiger partial charge in [0.25, 0.3) is 0 Å². The largest absolute Gasteiger partial charge is 0.452 e. The van der Waals surface area contributed by atoms with Crippen LogP contribution in [0, 0.1) is 0 Å². The smallest absolute Gasteiger partial charge is 0.175 e. The fourth-order valence-electron chi connectivity index (χ4n) is 2.55. The van der Waals surface area contributed by atoms with Gasteiger partial charge in [0, 0.05) is 11.3 Å². The number of benzene rings is 1. The van der Waals surface area contributed by atoms with Gasteiger partial charge in [0.05, 0.1) is 5.69 Å². The molecule has 1 aliphatic rings. The molecule has 1 fully saturated rings. The van der Waals surface area contributed by atoms with Crippen molar-refractivity contribution < 1.29 is 4.42 Å². The van der Waals surface area contributed by atoms with Crippen LogP contribution >= 0.6 is 0 Å². The summed E-state index contributed by atoms with van der Waals surface area (Å²) in [6.07, 6.45) is 2.44. The van der Waals surface area contributed by atoms with E-state index in [9.17, 15) is 0 Å². The lowest BCUT2D eigenvalue weighted by Gasteiger charge is -2.07. The van der Waals surface area contributed by atoms with Gasteiger partial charge in [0.15, 0.2) is 5.58 Å². The van der Waals surface area contributed by atoms with Crippen LogP contribution in [0.2, 0.25) is 0 Å². The standard InChI is InChI=1S/C16H16N2O/c1-9(2)13-15-14(18-16(17-13)10-7-8-10)11-5-3-4-6-12(11)19-15/h3-6,9-10H,7-8H2,1-2H3. The lowest BCUT2D eigenvalue weighted by molar-refractivity contribution is 0.645. The van der Waals surface area contributed by atoms with E-state index in [4.69, 9.17) is 14.4 Å². The van der Waals surface area contributed by atoms with Gasteiger partial charge in [-0.3, -0.25) is 0 Å². The summed E-state index contributed by atoms with van der Waals surface area (Å²) in [5, 5.41) is 1.10. The fourth-order valence-corrected chi connectivity index (χ4v) is 2.55. The van der Waals surface area contributed by atoms with Crippen LogP contribution in [0.15, 0.2) is 28.7 Å². The highest BCUT2D eigenvalue weighted by Crippen LogP contribution is 2.40. The van der Waals surface area contributed by atoms with Crippen LogP contribution < -0.4 is 0 Å². The van der Waals surface area contributed by atoms with Crippen molar-refractivity contribution in [1.29, 1.82) is 0 Å². The number of aromatic nitrogens is 2. The summed E-state index contributed by atoms with van der Waals surface area (Å²) in [5.74, 6) is 1.92. The molecule has 0 saturated heterocycles. The van der Waals surface area contributed by atoms with Crippen molar-refractivity contribution in [2.24, 2.45) is 0 Å². The van der Waals surface area contributed by atoms with Crippen LogP contribution in [0.3, 0.4) is 0 Å². The number of nitrogens with zero attached hydrogens (tertiary/aromatic N) is 2. The third-order valence-electron chi connectivity index (χ3n) is 3.75. The van der Waals surface area contributed by atoms with Crippen LogP contribution in [-0.2, 0) is 0 Å². The molecule has 19 heavy (non-hydrogen) atoms. The molecule has 1 aromatic carbocycles. The number of furan rings is 1. The van der Waals surface area contributed by atoms with Gasteiger partial charge in [-0.25, -0.2) is 9.97 Å². The normalized spacial score (nSPS) is 15.7. The zero-order valence-electron chi connectivity index (χ0n) is 11.2. The van der Waals surface area contributed by atoms with E-state index in [1.165, 1.54) is 12.8 Å². The molecule has 2 aromatic heterocycles. The number of fused-ring (bicyclic) bond motifs is 3. The van der Waals surface area contributed by atoms with Crippen molar-refractivity contribution in [2.45, 2.75) is 38.5 Å². The SMILES string of the molecule is CC(C)c1nc(C2CC2)nc2c1oc1ccccc12. The summed E-state index contributed by atoms with van der Waals surface area (Å²) in [4.78, 5) is 9.52. The molecule has 4 rings (SSSR count). The second kappa shape index (κ2) is 3.80. The summed E-state index contributed by atoms with van der Waals surface area (Å²) in [5.41, 5.74) is 3.79. The van der Waals surface area contributed by atoms with Crippen LogP contribution in [0.5, 0.6) is 0 Å². The van der Waals surface area contributed by atoms with E-state index >= 15 is 0 Å². The van der Waals surface area contributed by atoms with E-state index in [-0.39, 0.29) is 0 Å². The van der Waals surface area contributed by atoms with Crippen molar-refractivity contribution >= 4 is 22.1 Å². The van der Waals surface area contributed by atoms with Gasteiger partial charge in [0.2, 0.25) is 0 Å². The second-order valence-electron chi connectivity index (χ2n) is 5.67. The van der Waals surface area contributed by atoms with Crippen LogP contribution in [-0.4, -0.2) is 9.97 Å². The number of para-hydroxylation sites is 1. The van der Waals surface area contributed by atoms with E-state index in [1.807, 2.05) is 18.2 Å². The van der Waals surface area contributed by atoms with Crippen LogP contribution in [0.4, 0.5) is 0 Å². The molecule has 3 heteroatoms. The molecular formula is C16H16N2O. The zero-order chi connectivity index (χ0) is 13.0. The maximum Gasteiger partial charge on any atom is 0.175 e. The molecule has 0 amide bonds. The number of hydrogen-bond donors (Lipinski definition) is 0. The van der Waals surface area contributed by atoms with E-state index in [0.717, 1.165) is 33.6 Å². The average molecular weight is 252 g/mol. The van der Waals surface area contributed by atoms with Crippen LogP contribution in [0.1, 0.15) is 50.0 Å². The molecular weight excluding hydrogens is 236 g/mol. The molecule has 1 aliphatic carbocycles. The van der Waals surface area contributed by atoms with Crippen molar-refractivity contribution in [1.82, 2.24) is 9.97 Å². The number of rotatable bonds is 2. The Morgan fingerprint density at radius 1 is 1.16 bits per heavy atom. The minimum Gasteiger partial charge on any atom is -0.452 e. The molecule has 0 bridgehead atoms. The first-order chi connectivity index (χ1) is 9.24. The Labute approximate surface area is 111 Å². The molecule has 2 heterocycles. The molecule has 0 unspecified atom stereocenters. The molecule has 96 valence electrons. The lowest BCUT2D eigenvalue weighted by Crippen LogP contribution is -2.00. The minimum atomic E-state index is 0.351. The van der Waals surface area contributed by atoms with Crippen molar-refractivity contribution in [2.75, 3.05) is 0 Å². The second-order valence-corrected chi connectivity index (χ2v) is 5.67. The topological polar surface area (TPSA) is 38.9 Å². The molecule has 0 aliphatic heterocycles. The predicted molar refractivity (Wildman–Crippen MR) is 75.4 cm³/mol. The summed E-state index contributed by atoms with van der Waals surface area (Å²) in [6, 6.07) is 8.10.